The maximum Gasteiger partial charge on any atom is 0.265 e. The third kappa shape index (κ3) is 3.07. The minimum absolute atomic E-state index is 0.0371. The summed E-state index contributed by atoms with van der Waals surface area (Å²) in [6.07, 6.45) is 0. The normalized spacial score (nSPS) is 16.1. The molecule has 3 aromatic rings. The zero-order chi connectivity index (χ0) is 19.5. The van der Waals surface area contributed by atoms with Crippen molar-refractivity contribution in [1.82, 2.24) is 0 Å². The third-order valence-corrected chi connectivity index (χ3v) is 9.21. The molecule has 0 radical (unpaired) electrons. The zero-order valence-electron chi connectivity index (χ0n) is 13.8. The summed E-state index contributed by atoms with van der Waals surface area (Å²) >= 11 is 11.5. The van der Waals surface area contributed by atoms with Crippen LogP contribution in [0.5, 0.6) is 5.75 Å². The summed E-state index contributed by atoms with van der Waals surface area (Å²) in [7, 11) is -3.87. The number of aromatic hydroxyl groups is 1. The number of rotatable bonds is 2. The van der Waals surface area contributed by atoms with Gasteiger partial charge in [-0.1, -0.05) is 24.3 Å². The number of fused-ring (bicyclic) bond motifs is 3. The van der Waals surface area contributed by atoms with Gasteiger partial charge in [-0.3, -0.25) is 4.31 Å². The minimum Gasteiger partial charge on any atom is -0.506 e. The van der Waals surface area contributed by atoms with Crippen molar-refractivity contribution in [3.8, 4) is 16.2 Å². The Morgan fingerprint density at radius 3 is 2.37 bits per heavy atom. The van der Waals surface area contributed by atoms with E-state index in [-0.39, 0.29) is 16.7 Å². The van der Waals surface area contributed by atoms with Crippen LogP contribution in [-0.4, -0.2) is 13.5 Å². The van der Waals surface area contributed by atoms with Gasteiger partial charge in [0.1, 0.15) is 5.75 Å². The molecular weight excluding hydrogens is 582 g/mol. The molecule has 27 heavy (non-hydrogen) atoms. The van der Waals surface area contributed by atoms with Crippen molar-refractivity contribution in [2.24, 2.45) is 0 Å². The Morgan fingerprint density at radius 1 is 1.07 bits per heavy atom. The number of phenols is 1. The molecule has 0 bridgehead atoms. The Kier molecular flexibility index (Phi) is 4.95. The first-order chi connectivity index (χ1) is 12.7. The van der Waals surface area contributed by atoms with Gasteiger partial charge in [-0.05, 0) is 84.0 Å². The molecule has 140 valence electrons. The van der Waals surface area contributed by atoms with Crippen molar-refractivity contribution < 1.29 is 13.5 Å². The Morgan fingerprint density at radius 2 is 1.70 bits per heavy atom. The topological polar surface area (TPSA) is 57.6 Å². The second-order valence-electron chi connectivity index (χ2n) is 6.06. The average molecular weight is 594 g/mol. The van der Waals surface area contributed by atoms with Crippen LogP contribution >= 0.6 is 59.1 Å². The summed E-state index contributed by atoms with van der Waals surface area (Å²) in [6, 6.07) is 12.2. The van der Waals surface area contributed by atoms with Gasteiger partial charge in [-0.2, -0.15) is 0 Å². The van der Waals surface area contributed by atoms with Crippen molar-refractivity contribution >= 4 is 74.8 Å². The second kappa shape index (κ2) is 6.88. The predicted octanol–water partition coefficient (Wildman–Crippen LogP) is 6.68. The smallest absolute Gasteiger partial charge is 0.265 e. The molecule has 0 amide bonds. The van der Waals surface area contributed by atoms with Crippen LogP contribution in [0.3, 0.4) is 0 Å². The van der Waals surface area contributed by atoms with Crippen LogP contribution in [0.4, 0.5) is 5.69 Å². The summed E-state index contributed by atoms with van der Waals surface area (Å²) < 4.78 is 30.1. The van der Waals surface area contributed by atoms with Gasteiger partial charge in [0.25, 0.3) is 10.0 Å². The summed E-state index contributed by atoms with van der Waals surface area (Å²) in [6.45, 7) is 1.88. The van der Waals surface area contributed by atoms with Gasteiger partial charge >= 0.3 is 0 Å². The monoisotopic (exact) mass is 591 g/mol. The number of anilines is 1. The molecule has 1 unspecified atom stereocenters. The van der Waals surface area contributed by atoms with Gasteiger partial charge in [-0.25, -0.2) is 8.42 Å². The Labute approximate surface area is 186 Å². The fraction of sp³-hybridized carbons (Fsp3) is 0.111. The fourth-order valence-electron chi connectivity index (χ4n) is 3.25. The standard InChI is InChI=1S/C18H12Br3NO3S2/c1-9-11-4-2-3-5-12(11)18-15(8-16(21)26-18)22(9)27(24,25)10-6-13(19)17(23)14(20)7-10/h2-9,23H,1H3. The molecule has 0 saturated carbocycles. The zero-order valence-corrected chi connectivity index (χ0v) is 20.2. The molecule has 0 saturated heterocycles. The summed E-state index contributed by atoms with van der Waals surface area (Å²) in [5, 5.41) is 9.94. The van der Waals surface area contributed by atoms with Crippen LogP contribution in [0.1, 0.15) is 18.5 Å². The number of hydrogen-bond donors (Lipinski definition) is 1. The van der Waals surface area contributed by atoms with Crippen molar-refractivity contribution in [1.29, 1.82) is 0 Å². The lowest BCUT2D eigenvalue weighted by molar-refractivity contribution is 0.467. The lowest BCUT2D eigenvalue weighted by Gasteiger charge is -2.35. The molecule has 1 aliphatic heterocycles. The van der Waals surface area contributed by atoms with Gasteiger partial charge in [0.15, 0.2) is 0 Å². The molecule has 1 atom stereocenters. The SMILES string of the molecule is CC1c2ccccc2-c2sc(Br)cc2N1S(=O)(=O)c1cc(Br)c(O)c(Br)c1. The number of hydrogen-bond acceptors (Lipinski definition) is 4. The summed E-state index contributed by atoms with van der Waals surface area (Å²) in [5.74, 6) is -0.0371. The van der Waals surface area contributed by atoms with E-state index in [9.17, 15) is 13.5 Å². The maximum absolute atomic E-state index is 13.6. The van der Waals surface area contributed by atoms with Crippen molar-refractivity contribution in [2.75, 3.05) is 4.31 Å². The van der Waals surface area contributed by atoms with Crippen LogP contribution in [0.25, 0.3) is 10.4 Å². The highest BCUT2D eigenvalue weighted by atomic mass is 79.9. The first kappa shape index (κ1) is 19.4. The van der Waals surface area contributed by atoms with E-state index in [0.29, 0.717) is 14.6 Å². The van der Waals surface area contributed by atoms with Gasteiger partial charge < -0.3 is 5.11 Å². The van der Waals surface area contributed by atoms with Crippen molar-refractivity contribution in [3.63, 3.8) is 0 Å². The molecule has 4 nitrogen and oxygen atoms in total. The number of nitrogens with zero attached hydrogens (tertiary/aromatic N) is 1. The number of thiophene rings is 1. The van der Waals surface area contributed by atoms with Crippen LogP contribution < -0.4 is 4.31 Å². The van der Waals surface area contributed by atoms with Gasteiger partial charge in [0, 0.05) is 0 Å². The van der Waals surface area contributed by atoms with Gasteiger partial charge in [0.2, 0.25) is 0 Å². The molecule has 0 aliphatic carbocycles. The molecule has 1 N–H and O–H groups in total. The Bertz CT molecular complexity index is 1150. The highest BCUT2D eigenvalue weighted by Crippen LogP contribution is 2.52. The lowest BCUT2D eigenvalue weighted by Crippen LogP contribution is -2.35. The first-order valence-electron chi connectivity index (χ1n) is 7.83. The maximum atomic E-state index is 13.6. The third-order valence-electron chi connectivity index (χ3n) is 4.47. The lowest BCUT2D eigenvalue weighted by atomic mass is 9.96. The second-order valence-corrected chi connectivity index (χ2v) is 12.0. The molecule has 1 aromatic heterocycles. The molecule has 0 fully saturated rings. The molecule has 4 rings (SSSR count). The average Bonchev–Trinajstić information content (AvgIpc) is 3.00. The number of benzene rings is 2. The van der Waals surface area contributed by atoms with Crippen molar-refractivity contribution in [3.05, 3.63) is 60.8 Å². The molecular formula is C18H12Br3NO3S2. The van der Waals surface area contributed by atoms with Gasteiger partial charge in [0.05, 0.1) is 34.2 Å². The minimum atomic E-state index is -3.87. The predicted molar refractivity (Wildman–Crippen MR) is 119 cm³/mol. The first-order valence-corrected chi connectivity index (χ1v) is 12.5. The van der Waals surface area contributed by atoms with Crippen LogP contribution in [0.15, 0.2) is 60.1 Å². The van der Waals surface area contributed by atoms with E-state index in [1.54, 1.807) is 0 Å². The quantitative estimate of drug-likeness (QED) is 0.361. The van der Waals surface area contributed by atoms with E-state index in [4.69, 9.17) is 0 Å². The molecule has 1 aliphatic rings. The number of phenolic OH excluding ortho intramolecular Hbond substituents is 1. The van der Waals surface area contributed by atoms with E-state index in [0.717, 1.165) is 19.8 Å². The fourth-order valence-corrected chi connectivity index (χ4v) is 8.12. The van der Waals surface area contributed by atoms with Crippen LogP contribution in [-0.2, 0) is 10.0 Å². The van der Waals surface area contributed by atoms with E-state index in [1.807, 2.05) is 37.3 Å². The molecule has 9 heteroatoms. The Hall–Kier alpha value is -0.870. The summed E-state index contributed by atoms with van der Waals surface area (Å²) in [4.78, 5) is 1.01. The van der Waals surface area contributed by atoms with Crippen LogP contribution in [0, 0.1) is 0 Å². The number of sulfonamides is 1. The van der Waals surface area contributed by atoms with Gasteiger partial charge in [-0.15, -0.1) is 11.3 Å². The van der Waals surface area contributed by atoms with E-state index >= 15 is 0 Å². The highest BCUT2D eigenvalue weighted by Gasteiger charge is 2.38. The van der Waals surface area contributed by atoms with Crippen LogP contribution in [0.2, 0.25) is 0 Å². The molecule has 2 aromatic carbocycles. The molecule has 0 spiro atoms. The largest absolute Gasteiger partial charge is 0.506 e. The van der Waals surface area contributed by atoms with E-state index in [2.05, 4.69) is 47.8 Å². The Balaban J connectivity index is 1.96. The highest BCUT2D eigenvalue weighted by molar-refractivity contribution is 9.11. The number of halogens is 3. The van der Waals surface area contributed by atoms with E-state index in [1.165, 1.54) is 27.8 Å². The van der Waals surface area contributed by atoms with Crippen molar-refractivity contribution in [2.45, 2.75) is 17.9 Å². The van der Waals surface area contributed by atoms with E-state index < -0.39 is 10.0 Å². The molecule has 2 heterocycles. The summed E-state index contributed by atoms with van der Waals surface area (Å²) in [5.41, 5.74) is 2.66.